The zero-order valence-corrected chi connectivity index (χ0v) is 21.5. The number of carbonyl (C=O) groups excluding carboxylic acids is 2. The van der Waals surface area contributed by atoms with Crippen molar-refractivity contribution in [3.8, 4) is 5.75 Å². The molecular weight excluding hydrogens is 464 g/mol. The molecule has 2 saturated heterocycles. The molecule has 2 aliphatic rings. The van der Waals surface area contributed by atoms with Crippen molar-refractivity contribution in [1.29, 1.82) is 0 Å². The minimum Gasteiger partial charge on any atom is -0.507 e. The van der Waals surface area contributed by atoms with Crippen LogP contribution in [0.5, 0.6) is 5.75 Å². The van der Waals surface area contributed by atoms with E-state index in [4.69, 9.17) is 4.74 Å². The van der Waals surface area contributed by atoms with Crippen LogP contribution in [0.15, 0.2) is 78.4 Å². The third-order valence-corrected chi connectivity index (χ3v) is 7.03. The van der Waals surface area contributed by atoms with Crippen LogP contribution < -0.4 is 14.5 Å². The van der Waals surface area contributed by atoms with Crippen LogP contribution in [-0.2, 0) is 9.59 Å². The Morgan fingerprint density at radius 2 is 1.51 bits per heavy atom. The van der Waals surface area contributed by atoms with Crippen molar-refractivity contribution in [1.82, 2.24) is 0 Å². The fourth-order valence-corrected chi connectivity index (χ4v) is 5.21. The zero-order valence-electron chi connectivity index (χ0n) is 21.5. The van der Waals surface area contributed by atoms with E-state index in [1.54, 1.807) is 24.3 Å². The van der Waals surface area contributed by atoms with Crippen molar-refractivity contribution >= 4 is 28.8 Å². The van der Waals surface area contributed by atoms with Crippen molar-refractivity contribution in [2.24, 2.45) is 0 Å². The van der Waals surface area contributed by atoms with Gasteiger partial charge in [-0.3, -0.25) is 14.5 Å². The van der Waals surface area contributed by atoms with Crippen molar-refractivity contribution in [2.75, 3.05) is 22.9 Å². The number of anilines is 2. The first-order chi connectivity index (χ1) is 17.8. The van der Waals surface area contributed by atoms with Crippen LogP contribution in [0.2, 0.25) is 0 Å². The number of hydrogen-bond acceptors (Lipinski definition) is 5. The van der Waals surface area contributed by atoms with Crippen molar-refractivity contribution < 1.29 is 19.4 Å². The molecule has 0 aromatic heterocycles. The molecule has 2 heterocycles. The monoisotopic (exact) mass is 496 g/mol. The minimum atomic E-state index is -0.745. The summed E-state index contributed by atoms with van der Waals surface area (Å²) in [5.74, 6) is -0.875. The first kappa shape index (κ1) is 24.6. The summed E-state index contributed by atoms with van der Waals surface area (Å²) in [7, 11) is 0. The molecule has 3 aromatic carbocycles. The largest absolute Gasteiger partial charge is 0.507 e. The third kappa shape index (κ3) is 4.71. The minimum absolute atomic E-state index is 0.0164. The standard InChI is InChI=1S/C31H32N2O4/c1-20(2)37-25-16-10-22(11-17-25)29(34)27-28(26-9-5-4-8-21(26)3)33(31(36)30(27)35)24-14-12-23(13-15-24)32-18-6-7-19-32/h4-5,8-17,20,28,34H,6-7,18-19H2,1-3H3/b29-27+. The van der Waals surface area contributed by atoms with Gasteiger partial charge >= 0.3 is 0 Å². The maximum Gasteiger partial charge on any atom is 0.300 e. The van der Waals surface area contributed by atoms with E-state index in [0.29, 0.717) is 17.0 Å². The molecule has 1 N–H and O–H groups in total. The average molecular weight is 497 g/mol. The van der Waals surface area contributed by atoms with E-state index in [1.807, 2.05) is 69.3 Å². The number of carbonyl (C=O) groups is 2. The number of aliphatic hydroxyl groups excluding tert-OH is 1. The van der Waals surface area contributed by atoms with E-state index in [1.165, 1.54) is 17.7 Å². The Morgan fingerprint density at radius 3 is 2.14 bits per heavy atom. The molecule has 2 fully saturated rings. The molecule has 0 spiro atoms. The summed E-state index contributed by atoms with van der Waals surface area (Å²) in [6.45, 7) is 7.87. The summed E-state index contributed by atoms with van der Waals surface area (Å²) < 4.78 is 5.71. The number of amides is 1. The van der Waals surface area contributed by atoms with Gasteiger partial charge < -0.3 is 14.7 Å². The molecule has 3 aromatic rings. The number of aliphatic hydroxyl groups is 1. The summed E-state index contributed by atoms with van der Waals surface area (Å²) in [4.78, 5) is 30.7. The molecule has 37 heavy (non-hydrogen) atoms. The maximum absolute atomic E-state index is 13.5. The maximum atomic E-state index is 13.5. The fourth-order valence-electron chi connectivity index (χ4n) is 5.21. The predicted octanol–water partition coefficient (Wildman–Crippen LogP) is 6.01. The van der Waals surface area contributed by atoms with Gasteiger partial charge in [-0.2, -0.15) is 0 Å². The van der Waals surface area contributed by atoms with E-state index in [2.05, 4.69) is 4.90 Å². The summed E-state index contributed by atoms with van der Waals surface area (Å²) in [6.07, 6.45) is 2.37. The molecule has 190 valence electrons. The first-order valence-electron chi connectivity index (χ1n) is 12.8. The second-order valence-electron chi connectivity index (χ2n) is 9.93. The van der Waals surface area contributed by atoms with Crippen LogP contribution in [0.1, 0.15) is 49.4 Å². The molecule has 1 unspecified atom stereocenters. The lowest BCUT2D eigenvalue weighted by molar-refractivity contribution is -0.132. The Bertz CT molecular complexity index is 1340. The number of rotatable bonds is 6. The molecule has 0 aliphatic carbocycles. The van der Waals surface area contributed by atoms with Gasteiger partial charge in [0.1, 0.15) is 11.5 Å². The second-order valence-corrected chi connectivity index (χ2v) is 9.93. The van der Waals surface area contributed by atoms with Gasteiger partial charge in [0.05, 0.1) is 17.7 Å². The van der Waals surface area contributed by atoms with Crippen LogP contribution in [0.4, 0.5) is 11.4 Å². The number of hydrogen-bond donors (Lipinski definition) is 1. The number of ketones is 1. The highest BCUT2D eigenvalue weighted by atomic mass is 16.5. The molecule has 0 bridgehead atoms. The summed E-state index contributed by atoms with van der Waals surface area (Å²) in [5.41, 5.74) is 4.00. The van der Waals surface area contributed by atoms with Gasteiger partial charge in [0.15, 0.2) is 0 Å². The molecule has 5 rings (SSSR count). The highest BCUT2D eigenvalue weighted by Gasteiger charge is 2.47. The van der Waals surface area contributed by atoms with Crippen molar-refractivity contribution in [2.45, 2.75) is 45.8 Å². The summed E-state index contributed by atoms with van der Waals surface area (Å²) in [5, 5.41) is 11.4. The number of ether oxygens (including phenoxy) is 1. The van der Waals surface area contributed by atoms with Crippen LogP contribution >= 0.6 is 0 Å². The van der Waals surface area contributed by atoms with Crippen LogP contribution in [0.3, 0.4) is 0 Å². The van der Waals surface area contributed by atoms with Crippen molar-refractivity contribution in [3.05, 3.63) is 95.1 Å². The Labute approximate surface area is 217 Å². The first-order valence-corrected chi connectivity index (χ1v) is 12.8. The number of aryl methyl sites for hydroxylation is 1. The number of nitrogens with zero attached hydrogens (tertiary/aromatic N) is 2. The Kier molecular flexibility index (Phi) is 6.74. The normalized spacial score (nSPS) is 19.2. The van der Waals surface area contributed by atoms with Crippen LogP contribution in [0.25, 0.3) is 5.76 Å². The second kappa shape index (κ2) is 10.1. The lowest BCUT2D eigenvalue weighted by Gasteiger charge is -2.27. The summed E-state index contributed by atoms with van der Waals surface area (Å²) in [6, 6.07) is 21.6. The van der Waals surface area contributed by atoms with E-state index in [0.717, 1.165) is 29.9 Å². The van der Waals surface area contributed by atoms with Crippen molar-refractivity contribution in [3.63, 3.8) is 0 Å². The molecule has 0 saturated carbocycles. The van der Waals surface area contributed by atoms with E-state index < -0.39 is 17.7 Å². The number of benzene rings is 3. The predicted molar refractivity (Wildman–Crippen MR) is 146 cm³/mol. The number of Topliss-reactive ketones (excluding diaryl/α,β-unsaturated/α-hetero) is 1. The third-order valence-electron chi connectivity index (χ3n) is 7.03. The highest BCUT2D eigenvalue weighted by Crippen LogP contribution is 2.43. The lowest BCUT2D eigenvalue weighted by atomic mass is 9.92. The van der Waals surface area contributed by atoms with E-state index >= 15 is 0 Å². The molecule has 1 amide bonds. The van der Waals surface area contributed by atoms with Crippen LogP contribution in [0, 0.1) is 6.92 Å². The Hall–Kier alpha value is -4.06. The molecule has 0 radical (unpaired) electrons. The molecule has 6 heteroatoms. The average Bonchev–Trinajstić information content (AvgIpc) is 3.52. The topological polar surface area (TPSA) is 70.1 Å². The smallest absolute Gasteiger partial charge is 0.300 e. The van der Waals surface area contributed by atoms with Gasteiger partial charge in [-0.25, -0.2) is 0 Å². The zero-order chi connectivity index (χ0) is 26.1. The highest BCUT2D eigenvalue weighted by molar-refractivity contribution is 6.51. The van der Waals surface area contributed by atoms with Gasteiger partial charge in [0, 0.05) is 30.0 Å². The Balaban J connectivity index is 1.59. The molecule has 1 atom stereocenters. The van der Waals surface area contributed by atoms with Gasteiger partial charge in [-0.05, 0) is 93.3 Å². The fraction of sp³-hybridized carbons (Fsp3) is 0.290. The SMILES string of the molecule is Cc1ccccc1C1/C(=C(\O)c2ccc(OC(C)C)cc2)C(=O)C(=O)N1c1ccc(N2CCCC2)cc1. The molecule has 2 aliphatic heterocycles. The Morgan fingerprint density at radius 1 is 0.892 bits per heavy atom. The molecule has 6 nitrogen and oxygen atoms in total. The van der Waals surface area contributed by atoms with Crippen LogP contribution in [-0.4, -0.2) is 36.0 Å². The van der Waals surface area contributed by atoms with Gasteiger partial charge in [0.25, 0.3) is 11.7 Å². The van der Waals surface area contributed by atoms with Gasteiger partial charge in [-0.1, -0.05) is 24.3 Å². The lowest BCUT2D eigenvalue weighted by Crippen LogP contribution is -2.29. The van der Waals surface area contributed by atoms with E-state index in [9.17, 15) is 14.7 Å². The molecular formula is C31H32N2O4. The van der Waals surface area contributed by atoms with E-state index in [-0.39, 0.29) is 17.4 Å². The summed E-state index contributed by atoms with van der Waals surface area (Å²) >= 11 is 0. The van der Waals surface area contributed by atoms with Gasteiger partial charge in [-0.15, -0.1) is 0 Å². The quantitative estimate of drug-likeness (QED) is 0.257. The van der Waals surface area contributed by atoms with Gasteiger partial charge in [0.2, 0.25) is 0 Å².